The fraction of sp³-hybridized carbons (Fsp3) is 0.300. The highest BCUT2D eigenvalue weighted by molar-refractivity contribution is 7.92. The van der Waals surface area contributed by atoms with E-state index in [1.807, 2.05) is 54.6 Å². The van der Waals surface area contributed by atoms with Crippen LogP contribution in [0.15, 0.2) is 59.8 Å². The van der Waals surface area contributed by atoms with E-state index in [2.05, 4.69) is 5.16 Å². The Bertz CT molecular complexity index is 967. The molecular formula is C20H21NO5S. The Morgan fingerprint density at radius 3 is 2.22 bits per heavy atom. The van der Waals surface area contributed by atoms with Gasteiger partial charge in [0.25, 0.3) is 0 Å². The maximum atomic E-state index is 11.9. The minimum absolute atomic E-state index is 0.156. The Balaban J connectivity index is 1.72. The van der Waals surface area contributed by atoms with E-state index in [0.717, 1.165) is 22.9 Å². The van der Waals surface area contributed by atoms with Gasteiger partial charge in [0.1, 0.15) is 6.10 Å². The van der Waals surface area contributed by atoms with Gasteiger partial charge in [-0.1, -0.05) is 59.8 Å². The number of carboxylic acid groups (broad SMARTS) is 1. The predicted octanol–water partition coefficient (Wildman–Crippen LogP) is 3.12. The van der Waals surface area contributed by atoms with Gasteiger partial charge in [0.15, 0.2) is 14.6 Å². The molecule has 0 aromatic heterocycles. The van der Waals surface area contributed by atoms with Crippen LogP contribution in [0.2, 0.25) is 0 Å². The third kappa shape index (κ3) is 3.88. The minimum atomic E-state index is -3.80. The van der Waals surface area contributed by atoms with Gasteiger partial charge in [-0.25, -0.2) is 8.42 Å². The van der Waals surface area contributed by atoms with Crippen LogP contribution in [0.1, 0.15) is 25.3 Å². The zero-order chi connectivity index (χ0) is 19.7. The molecule has 2 unspecified atom stereocenters. The Morgan fingerprint density at radius 1 is 1.11 bits per heavy atom. The summed E-state index contributed by atoms with van der Waals surface area (Å²) in [4.78, 5) is 16.8. The summed E-state index contributed by atoms with van der Waals surface area (Å²) in [6.07, 6.45) is 0.545. The third-order valence-corrected chi connectivity index (χ3v) is 6.92. The van der Waals surface area contributed by atoms with Crippen molar-refractivity contribution in [2.45, 2.75) is 30.6 Å². The van der Waals surface area contributed by atoms with Gasteiger partial charge in [-0.2, -0.15) is 0 Å². The molecule has 0 bridgehead atoms. The molecule has 0 radical (unpaired) electrons. The number of carbonyl (C=O) groups is 1. The van der Waals surface area contributed by atoms with Gasteiger partial charge in [0.2, 0.25) is 0 Å². The maximum Gasteiger partial charge on any atom is 0.324 e. The van der Waals surface area contributed by atoms with Crippen LogP contribution in [-0.2, 0) is 19.5 Å². The van der Waals surface area contributed by atoms with E-state index in [1.54, 1.807) is 0 Å². The summed E-state index contributed by atoms with van der Waals surface area (Å²) in [5.41, 5.74) is 3.73. The molecule has 0 saturated carbocycles. The van der Waals surface area contributed by atoms with E-state index in [0.29, 0.717) is 12.1 Å². The zero-order valence-corrected chi connectivity index (χ0v) is 15.9. The first-order valence-electron chi connectivity index (χ1n) is 8.52. The molecule has 0 saturated heterocycles. The van der Waals surface area contributed by atoms with E-state index in [9.17, 15) is 18.3 Å². The Labute approximate surface area is 158 Å². The highest BCUT2D eigenvalue weighted by atomic mass is 32.2. The molecule has 142 valence electrons. The lowest BCUT2D eigenvalue weighted by Crippen LogP contribution is -2.45. The molecule has 3 rings (SSSR count). The van der Waals surface area contributed by atoms with E-state index >= 15 is 0 Å². The van der Waals surface area contributed by atoms with Gasteiger partial charge in [-0.15, -0.1) is 0 Å². The van der Waals surface area contributed by atoms with Gasteiger partial charge in [-0.05, 0) is 23.6 Å². The van der Waals surface area contributed by atoms with Crippen molar-refractivity contribution in [1.82, 2.24) is 0 Å². The first kappa shape index (κ1) is 19.1. The highest BCUT2D eigenvalue weighted by Gasteiger charge is 2.47. The molecular weight excluding hydrogens is 366 g/mol. The normalized spacial score (nSPS) is 19.0. The van der Waals surface area contributed by atoms with Gasteiger partial charge in [0, 0.05) is 19.1 Å². The van der Waals surface area contributed by atoms with Crippen LogP contribution < -0.4 is 0 Å². The minimum Gasteiger partial charge on any atom is -0.480 e. The van der Waals surface area contributed by atoms with Crippen molar-refractivity contribution in [3.05, 3.63) is 60.2 Å². The Morgan fingerprint density at radius 2 is 1.67 bits per heavy atom. The van der Waals surface area contributed by atoms with Crippen LogP contribution >= 0.6 is 0 Å². The zero-order valence-electron chi connectivity index (χ0n) is 15.1. The molecule has 1 N–H and O–H groups in total. The molecule has 0 aliphatic carbocycles. The summed E-state index contributed by atoms with van der Waals surface area (Å²) in [6, 6.07) is 17.8. The third-order valence-electron chi connectivity index (χ3n) is 4.95. The number of hydrogen-bond acceptors (Lipinski definition) is 5. The first-order chi connectivity index (χ1) is 12.7. The summed E-state index contributed by atoms with van der Waals surface area (Å²) in [7, 11) is -3.80. The fourth-order valence-corrected chi connectivity index (χ4v) is 3.83. The van der Waals surface area contributed by atoms with Crippen LogP contribution in [0.5, 0.6) is 0 Å². The molecule has 27 heavy (non-hydrogen) atoms. The molecule has 0 amide bonds. The van der Waals surface area contributed by atoms with Crippen molar-refractivity contribution in [2.75, 3.05) is 6.26 Å². The van der Waals surface area contributed by atoms with E-state index < -0.39 is 26.7 Å². The average molecular weight is 387 g/mol. The number of carboxylic acids is 1. The SMILES string of the molecule is CC(CC1CC(c2ccc(-c3ccccc3)cc2)=NO1)(C(=O)O)S(C)(=O)=O. The Hall–Kier alpha value is -2.67. The lowest BCUT2D eigenvalue weighted by atomic mass is 9.96. The molecule has 0 fully saturated rings. The second-order valence-corrected chi connectivity index (χ2v) is 9.37. The second kappa shape index (κ2) is 7.15. The molecule has 2 aromatic carbocycles. The smallest absolute Gasteiger partial charge is 0.324 e. The van der Waals surface area contributed by atoms with Crippen LogP contribution in [0.3, 0.4) is 0 Å². The van der Waals surface area contributed by atoms with Gasteiger partial charge in [0.05, 0.1) is 5.71 Å². The number of hydrogen-bond donors (Lipinski definition) is 1. The molecule has 7 heteroatoms. The fourth-order valence-electron chi connectivity index (χ4n) is 3.03. The van der Waals surface area contributed by atoms with Gasteiger partial charge < -0.3 is 9.94 Å². The van der Waals surface area contributed by atoms with Crippen LogP contribution in [0.25, 0.3) is 11.1 Å². The van der Waals surface area contributed by atoms with Crippen molar-refractivity contribution >= 4 is 21.5 Å². The monoisotopic (exact) mass is 387 g/mol. The standard InChI is InChI=1S/C20H21NO5S/c1-20(19(22)23,27(2,24)25)13-17-12-18(21-26-17)16-10-8-15(9-11-16)14-6-4-3-5-7-14/h3-11,17H,12-13H2,1-2H3,(H,22,23). The van der Waals surface area contributed by atoms with Gasteiger partial charge >= 0.3 is 5.97 Å². The van der Waals surface area contributed by atoms with Crippen molar-refractivity contribution in [3.8, 4) is 11.1 Å². The van der Waals surface area contributed by atoms with Crippen LogP contribution in [0, 0.1) is 0 Å². The predicted molar refractivity (Wildman–Crippen MR) is 103 cm³/mol. The van der Waals surface area contributed by atoms with E-state index in [1.165, 1.54) is 6.92 Å². The topological polar surface area (TPSA) is 93.0 Å². The summed E-state index contributed by atoms with van der Waals surface area (Å²) >= 11 is 0. The van der Waals surface area contributed by atoms with E-state index in [4.69, 9.17) is 4.84 Å². The Kier molecular flexibility index (Phi) is 5.06. The largest absolute Gasteiger partial charge is 0.480 e. The first-order valence-corrected chi connectivity index (χ1v) is 10.4. The number of rotatable bonds is 6. The average Bonchev–Trinajstić information content (AvgIpc) is 3.10. The number of nitrogens with zero attached hydrogens (tertiary/aromatic N) is 1. The van der Waals surface area contributed by atoms with Crippen LogP contribution in [0.4, 0.5) is 0 Å². The van der Waals surface area contributed by atoms with Gasteiger partial charge in [-0.3, -0.25) is 4.79 Å². The van der Waals surface area contributed by atoms with Crippen molar-refractivity contribution in [1.29, 1.82) is 0 Å². The molecule has 6 nitrogen and oxygen atoms in total. The quantitative estimate of drug-likeness (QED) is 0.822. The number of oxime groups is 1. The van der Waals surface area contributed by atoms with Crippen molar-refractivity contribution in [2.24, 2.45) is 5.16 Å². The number of aliphatic carboxylic acids is 1. The lowest BCUT2D eigenvalue weighted by Gasteiger charge is -2.24. The summed E-state index contributed by atoms with van der Waals surface area (Å²) in [5.74, 6) is -1.38. The second-order valence-electron chi connectivity index (χ2n) is 6.93. The van der Waals surface area contributed by atoms with E-state index in [-0.39, 0.29) is 6.42 Å². The molecule has 1 heterocycles. The van der Waals surface area contributed by atoms with Crippen molar-refractivity contribution in [3.63, 3.8) is 0 Å². The number of sulfone groups is 1. The van der Waals surface area contributed by atoms with Crippen molar-refractivity contribution < 1.29 is 23.2 Å². The molecule has 2 aromatic rings. The lowest BCUT2D eigenvalue weighted by molar-refractivity contribution is -0.140. The molecule has 0 spiro atoms. The molecule has 2 atom stereocenters. The molecule has 1 aliphatic rings. The maximum absolute atomic E-state index is 11.9. The number of benzene rings is 2. The summed E-state index contributed by atoms with van der Waals surface area (Å²) in [5, 5.41) is 13.4. The summed E-state index contributed by atoms with van der Waals surface area (Å²) in [6.45, 7) is 1.21. The van der Waals surface area contributed by atoms with Crippen LogP contribution in [-0.4, -0.2) is 42.3 Å². The highest BCUT2D eigenvalue weighted by Crippen LogP contribution is 2.30. The summed E-state index contributed by atoms with van der Waals surface area (Å²) < 4.78 is 22.0. The molecule has 1 aliphatic heterocycles.